The van der Waals surface area contributed by atoms with Crippen LogP contribution in [0.15, 0.2) is 59.9 Å². The highest BCUT2D eigenvalue weighted by Crippen LogP contribution is 2.31. The molecular formula is C31H45N7S. The summed E-state index contributed by atoms with van der Waals surface area (Å²) in [4.78, 5) is 15.6. The van der Waals surface area contributed by atoms with Crippen molar-refractivity contribution in [3.8, 4) is 0 Å². The zero-order valence-corrected chi connectivity index (χ0v) is 25.5. The van der Waals surface area contributed by atoms with E-state index in [0.29, 0.717) is 18.6 Å². The maximum Gasteiger partial charge on any atom is 0.217 e. The Morgan fingerprint density at radius 3 is 2.23 bits per heavy atom. The van der Waals surface area contributed by atoms with Gasteiger partial charge in [0.1, 0.15) is 5.49 Å². The molecule has 2 N–H and O–H groups in total. The van der Waals surface area contributed by atoms with Crippen LogP contribution in [0.2, 0.25) is 0 Å². The molecule has 3 aromatic rings. The van der Waals surface area contributed by atoms with Crippen LogP contribution in [0.4, 0.5) is 5.69 Å². The molecule has 1 aliphatic heterocycles. The molecule has 0 amide bonds. The average Bonchev–Trinajstić information content (AvgIpc) is 3.20. The van der Waals surface area contributed by atoms with Crippen LogP contribution in [0.25, 0.3) is 0 Å². The molecule has 1 aromatic carbocycles. The van der Waals surface area contributed by atoms with Gasteiger partial charge in [-0.1, -0.05) is 29.7 Å². The van der Waals surface area contributed by atoms with Crippen LogP contribution in [0.5, 0.6) is 0 Å². The van der Waals surface area contributed by atoms with Crippen molar-refractivity contribution in [2.75, 3.05) is 18.0 Å². The van der Waals surface area contributed by atoms with Gasteiger partial charge in [0.2, 0.25) is 5.96 Å². The minimum Gasteiger partial charge on any atom is -0.372 e. The van der Waals surface area contributed by atoms with Crippen LogP contribution >= 0.6 is 11.5 Å². The summed E-state index contributed by atoms with van der Waals surface area (Å²) < 4.78 is 2.00. The van der Waals surface area contributed by atoms with Crippen molar-refractivity contribution in [2.24, 2.45) is 4.99 Å². The van der Waals surface area contributed by atoms with Crippen LogP contribution in [-0.4, -0.2) is 50.0 Å². The van der Waals surface area contributed by atoms with E-state index in [4.69, 9.17) is 10.4 Å². The molecule has 0 unspecified atom stereocenters. The summed E-state index contributed by atoms with van der Waals surface area (Å²) in [6.07, 6.45) is 5.62. The first-order valence-electron chi connectivity index (χ1n) is 14.1. The Morgan fingerprint density at radius 2 is 1.69 bits per heavy atom. The first kappa shape index (κ1) is 29.0. The average molecular weight is 548 g/mol. The summed E-state index contributed by atoms with van der Waals surface area (Å²) in [5.74, 6) is 0.841. The van der Waals surface area contributed by atoms with Crippen molar-refractivity contribution >= 4 is 23.2 Å². The van der Waals surface area contributed by atoms with E-state index in [0.717, 1.165) is 42.3 Å². The zero-order valence-electron chi connectivity index (χ0n) is 24.7. The fraction of sp³-hybridized carbons (Fsp3) is 0.516. The second-order valence-corrected chi connectivity index (χ2v) is 13.2. The van der Waals surface area contributed by atoms with Crippen LogP contribution < -0.4 is 15.7 Å². The summed E-state index contributed by atoms with van der Waals surface area (Å²) in [5.41, 5.74) is 4.01. The fourth-order valence-corrected chi connectivity index (χ4v) is 6.78. The van der Waals surface area contributed by atoms with Crippen molar-refractivity contribution < 1.29 is 0 Å². The fourth-order valence-electron chi connectivity index (χ4n) is 5.94. The maximum absolute atomic E-state index is 8.80. The number of benzene rings is 1. The van der Waals surface area contributed by atoms with Gasteiger partial charge in [-0.3, -0.25) is 10.4 Å². The summed E-state index contributed by atoms with van der Waals surface area (Å²) in [7, 11) is 0. The molecule has 1 saturated heterocycles. The highest BCUT2D eigenvalue weighted by molar-refractivity contribution is 7.07. The lowest BCUT2D eigenvalue weighted by Crippen LogP contribution is -2.59. The summed E-state index contributed by atoms with van der Waals surface area (Å²) >= 11 is 1.59. The standard InChI is InChI=1S/C31H45N7S/c1-8-36(9-2)27-14-12-24(13-15-27)21-37(22-25-11-10-16-33-20-25)29(38-28(32)17-23(3)39-38)34-26-18-30(4,5)35-31(6,7)19-26/h10-17,20,26,32,35H,8-9,18-19,21-22H2,1-7H3. The van der Waals surface area contributed by atoms with Crippen molar-refractivity contribution in [2.45, 2.75) is 91.5 Å². The lowest BCUT2D eigenvalue weighted by atomic mass is 9.80. The van der Waals surface area contributed by atoms with Gasteiger partial charge >= 0.3 is 0 Å². The van der Waals surface area contributed by atoms with E-state index >= 15 is 0 Å². The molecule has 0 radical (unpaired) electrons. The van der Waals surface area contributed by atoms with Crippen LogP contribution in [-0.2, 0) is 13.1 Å². The number of pyridine rings is 1. The van der Waals surface area contributed by atoms with Crippen LogP contribution in [0, 0.1) is 12.3 Å². The molecule has 3 heterocycles. The first-order valence-corrected chi connectivity index (χ1v) is 14.9. The van der Waals surface area contributed by atoms with Crippen molar-refractivity contribution in [3.05, 3.63) is 76.4 Å². The number of nitrogens with one attached hydrogen (secondary N) is 2. The van der Waals surface area contributed by atoms with E-state index in [2.05, 4.69) is 98.9 Å². The molecule has 1 fully saturated rings. The van der Waals surface area contributed by atoms with Gasteiger partial charge in [-0.2, -0.15) is 0 Å². The van der Waals surface area contributed by atoms with E-state index < -0.39 is 0 Å². The Kier molecular flexibility index (Phi) is 8.96. The normalized spacial score (nSPS) is 17.3. The Hall–Kier alpha value is -2.97. The molecular weight excluding hydrogens is 502 g/mol. The number of piperidine rings is 1. The summed E-state index contributed by atoms with van der Waals surface area (Å²) in [6, 6.07) is 15.1. The summed E-state index contributed by atoms with van der Waals surface area (Å²) in [5, 5.41) is 12.6. The predicted octanol–water partition coefficient (Wildman–Crippen LogP) is 5.79. The smallest absolute Gasteiger partial charge is 0.217 e. The molecule has 7 nitrogen and oxygen atoms in total. The van der Waals surface area contributed by atoms with E-state index in [9.17, 15) is 0 Å². The number of rotatable bonds is 8. The second-order valence-electron chi connectivity index (χ2n) is 12.0. The predicted molar refractivity (Wildman–Crippen MR) is 164 cm³/mol. The third-order valence-electron chi connectivity index (χ3n) is 7.26. The number of aromatic nitrogens is 2. The molecule has 39 heavy (non-hydrogen) atoms. The number of nitrogens with zero attached hydrogens (tertiary/aromatic N) is 5. The monoisotopic (exact) mass is 547 g/mol. The lowest BCUT2D eigenvalue weighted by molar-refractivity contribution is 0.163. The molecule has 2 aromatic heterocycles. The van der Waals surface area contributed by atoms with Crippen molar-refractivity contribution in [1.82, 2.24) is 19.2 Å². The molecule has 0 spiro atoms. The number of hydrogen-bond donors (Lipinski definition) is 2. The number of anilines is 1. The van der Waals surface area contributed by atoms with Crippen molar-refractivity contribution in [3.63, 3.8) is 0 Å². The molecule has 1 aliphatic rings. The van der Waals surface area contributed by atoms with Gasteiger partial charge in [0.05, 0.1) is 6.04 Å². The third-order valence-corrected chi connectivity index (χ3v) is 8.21. The van der Waals surface area contributed by atoms with Gasteiger partial charge in [-0.25, -0.2) is 8.95 Å². The number of hydrogen-bond acceptors (Lipinski definition) is 6. The van der Waals surface area contributed by atoms with Gasteiger partial charge in [-0.15, -0.1) is 0 Å². The lowest BCUT2D eigenvalue weighted by Gasteiger charge is -2.45. The number of aryl methyl sites for hydroxylation is 1. The van der Waals surface area contributed by atoms with E-state index in [1.165, 1.54) is 11.3 Å². The Morgan fingerprint density at radius 1 is 1.05 bits per heavy atom. The van der Waals surface area contributed by atoms with Gasteiger partial charge in [0.15, 0.2) is 0 Å². The molecule has 0 aliphatic carbocycles. The second kappa shape index (κ2) is 12.0. The van der Waals surface area contributed by atoms with Crippen LogP contribution in [0.1, 0.15) is 70.4 Å². The largest absolute Gasteiger partial charge is 0.372 e. The van der Waals surface area contributed by atoms with E-state index in [1.807, 2.05) is 28.5 Å². The molecule has 210 valence electrons. The minimum atomic E-state index is -0.0186. The Bertz CT molecular complexity index is 1280. The van der Waals surface area contributed by atoms with Gasteiger partial charge in [0.25, 0.3) is 0 Å². The SMILES string of the molecule is CCN(CC)c1ccc(CN(Cc2cccnc2)C(=NC2CC(C)(C)NC(C)(C)C2)n2sc(C)cc2=N)cc1. The minimum absolute atomic E-state index is 0.0186. The highest BCUT2D eigenvalue weighted by atomic mass is 32.1. The molecule has 4 rings (SSSR count). The third kappa shape index (κ3) is 7.57. The molecule has 8 heteroatoms. The van der Waals surface area contributed by atoms with Crippen LogP contribution in [0.3, 0.4) is 0 Å². The van der Waals surface area contributed by atoms with Gasteiger partial charge in [0, 0.05) is 60.2 Å². The van der Waals surface area contributed by atoms with Gasteiger partial charge in [-0.05, 0) is 96.7 Å². The van der Waals surface area contributed by atoms with Gasteiger partial charge < -0.3 is 15.1 Å². The zero-order chi connectivity index (χ0) is 28.2. The highest BCUT2D eigenvalue weighted by Gasteiger charge is 2.38. The topological polar surface area (TPSA) is 72.5 Å². The summed E-state index contributed by atoms with van der Waals surface area (Å²) in [6.45, 7) is 18.8. The maximum atomic E-state index is 8.80. The Balaban J connectivity index is 1.77. The molecule has 0 saturated carbocycles. The number of aliphatic imine (C=N–C) groups is 1. The molecule has 0 bridgehead atoms. The molecule has 0 atom stereocenters. The first-order chi connectivity index (χ1) is 18.5. The van der Waals surface area contributed by atoms with Crippen molar-refractivity contribution in [1.29, 1.82) is 5.41 Å². The Labute approximate surface area is 238 Å². The quantitative estimate of drug-likeness (QED) is 0.276. The van der Waals surface area contributed by atoms with E-state index in [1.54, 1.807) is 11.5 Å². The van der Waals surface area contributed by atoms with E-state index in [-0.39, 0.29) is 17.1 Å².